The molecule has 1 aromatic rings. The molecule has 1 unspecified atom stereocenters. The highest BCUT2D eigenvalue weighted by atomic mass is 31.2. The molecule has 0 aliphatic carbocycles. The van der Waals surface area contributed by atoms with E-state index in [0.717, 1.165) is 6.07 Å². The normalized spacial score (nSPS) is 24.3. The molecule has 0 saturated heterocycles. The predicted molar refractivity (Wildman–Crippen MR) is 44.3 cm³/mol. The van der Waals surface area contributed by atoms with Crippen molar-refractivity contribution < 1.29 is 28.2 Å². The van der Waals surface area contributed by atoms with Crippen LogP contribution in [0, 0.1) is 10.1 Å². The molecule has 0 amide bonds. The van der Waals surface area contributed by atoms with Crippen molar-refractivity contribution in [2.24, 2.45) is 0 Å². The maximum absolute atomic E-state index is 11.5. The van der Waals surface area contributed by atoms with Crippen molar-refractivity contribution in [3.05, 3.63) is 16.2 Å². The Morgan fingerprint density at radius 3 is 2.67 bits per heavy atom. The Balaban J connectivity index is 2.40. The van der Waals surface area contributed by atoms with Gasteiger partial charge in [-0.15, -0.1) is 0 Å². The van der Waals surface area contributed by atoms with Crippen LogP contribution in [0.2, 0.25) is 0 Å². The molecular formula is C6H2NO7P. The Bertz CT molecular complexity index is 547. The third kappa shape index (κ3) is 0.887. The number of nitrogens with zero attached hydrogens (tertiary/aromatic N) is 1. The smallest absolute Gasteiger partial charge is 0.504 e. The molecule has 0 aromatic heterocycles. The molecule has 9 heteroatoms. The van der Waals surface area contributed by atoms with E-state index in [-0.39, 0.29) is 17.2 Å². The van der Waals surface area contributed by atoms with E-state index in [1.165, 1.54) is 0 Å². The van der Waals surface area contributed by atoms with Gasteiger partial charge in [0.1, 0.15) is 0 Å². The second kappa shape index (κ2) is 2.17. The fraction of sp³-hybridized carbons (Fsp3) is 0. The Hall–Kier alpha value is -1.95. The lowest BCUT2D eigenvalue weighted by Crippen LogP contribution is -2.05. The van der Waals surface area contributed by atoms with Crippen molar-refractivity contribution >= 4 is 13.5 Å². The molecule has 0 spiro atoms. The van der Waals surface area contributed by atoms with Crippen molar-refractivity contribution in [3.63, 3.8) is 0 Å². The first kappa shape index (κ1) is 8.37. The van der Waals surface area contributed by atoms with Gasteiger partial charge in [0.25, 0.3) is 5.75 Å². The van der Waals surface area contributed by atoms with E-state index in [2.05, 4.69) is 13.6 Å². The zero-order valence-corrected chi connectivity index (χ0v) is 7.76. The molecule has 3 rings (SSSR count). The van der Waals surface area contributed by atoms with E-state index in [0.29, 0.717) is 0 Å². The number of aromatic hydroxyl groups is 1. The average Bonchev–Trinajstić information content (AvgIpc) is 2.31. The lowest BCUT2D eigenvalue weighted by Gasteiger charge is -2.12. The Morgan fingerprint density at radius 2 is 2.00 bits per heavy atom. The first-order valence-electron chi connectivity index (χ1n) is 3.73. The fourth-order valence-corrected chi connectivity index (χ4v) is 2.69. The minimum atomic E-state index is -3.83. The predicted octanol–water partition coefficient (Wildman–Crippen LogP) is 1.57. The number of phosphoric ester groups is 1. The highest BCUT2D eigenvalue weighted by Crippen LogP contribution is 2.70. The number of phenols is 1. The first-order chi connectivity index (χ1) is 7.00. The number of phosphoric acid groups is 1. The molecule has 2 heterocycles. The van der Waals surface area contributed by atoms with Gasteiger partial charge in [-0.2, -0.15) is 4.57 Å². The van der Waals surface area contributed by atoms with Gasteiger partial charge in [-0.3, -0.25) is 10.1 Å². The van der Waals surface area contributed by atoms with Gasteiger partial charge >= 0.3 is 13.5 Å². The summed E-state index contributed by atoms with van der Waals surface area (Å²) in [5, 5.41) is 20.0. The van der Waals surface area contributed by atoms with Crippen LogP contribution in [0.5, 0.6) is 23.0 Å². The molecule has 0 fully saturated rings. The van der Waals surface area contributed by atoms with Crippen molar-refractivity contribution in [3.8, 4) is 23.0 Å². The molecule has 1 N–H and O–H groups in total. The molecule has 3 bridgehead atoms. The SMILES string of the molecule is O=[N+]([O-])c1c2cc(O)c3c1OP(=O)(O2)O3. The number of fused-ring (bicyclic) bond motifs is 2. The van der Waals surface area contributed by atoms with E-state index in [9.17, 15) is 19.8 Å². The van der Waals surface area contributed by atoms with Gasteiger partial charge in [0.05, 0.1) is 4.92 Å². The molecule has 0 radical (unpaired) electrons. The second-order valence-electron chi connectivity index (χ2n) is 2.88. The monoisotopic (exact) mass is 231 g/mol. The van der Waals surface area contributed by atoms with E-state index in [1.54, 1.807) is 0 Å². The Kier molecular flexibility index (Phi) is 1.21. The van der Waals surface area contributed by atoms with Gasteiger partial charge in [-0.25, -0.2) is 0 Å². The van der Waals surface area contributed by atoms with Gasteiger partial charge < -0.3 is 18.7 Å². The van der Waals surface area contributed by atoms with Crippen molar-refractivity contribution in [1.82, 2.24) is 0 Å². The standard InChI is InChI=1S/C6H2NO7P/c8-2-1-3-4(7(9)10)6-5(2)13-15(11,12-3)14-6/h1,8H. The van der Waals surface area contributed by atoms with Crippen LogP contribution in [0.4, 0.5) is 5.69 Å². The maximum Gasteiger partial charge on any atom is 0.647 e. The van der Waals surface area contributed by atoms with Crippen LogP contribution in [0.3, 0.4) is 0 Å². The summed E-state index contributed by atoms with van der Waals surface area (Å²) in [4.78, 5) is 9.88. The average molecular weight is 231 g/mol. The molecule has 15 heavy (non-hydrogen) atoms. The fourth-order valence-electron chi connectivity index (χ4n) is 1.41. The number of nitro benzene ring substituents is 1. The summed E-state index contributed by atoms with van der Waals surface area (Å²) < 4.78 is 25.5. The molecule has 1 atom stereocenters. The van der Waals surface area contributed by atoms with Crippen LogP contribution < -0.4 is 13.6 Å². The summed E-state index contributed by atoms with van der Waals surface area (Å²) in [6.07, 6.45) is 0. The van der Waals surface area contributed by atoms with Crippen molar-refractivity contribution in [1.29, 1.82) is 0 Å². The molecular weight excluding hydrogens is 229 g/mol. The largest absolute Gasteiger partial charge is 0.647 e. The summed E-state index contributed by atoms with van der Waals surface area (Å²) in [5.41, 5.74) is -0.494. The van der Waals surface area contributed by atoms with E-state index < -0.39 is 24.2 Å². The van der Waals surface area contributed by atoms with Gasteiger partial charge in [-0.05, 0) is 0 Å². The van der Waals surface area contributed by atoms with Crippen LogP contribution in [-0.4, -0.2) is 10.0 Å². The van der Waals surface area contributed by atoms with Crippen molar-refractivity contribution in [2.45, 2.75) is 0 Å². The Labute approximate surface area is 81.8 Å². The van der Waals surface area contributed by atoms with Crippen LogP contribution in [0.15, 0.2) is 6.07 Å². The van der Waals surface area contributed by atoms with Gasteiger partial charge in [0, 0.05) is 6.07 Å². The molecule has 1 aromatic carbocycles. The van der Waals surface area contributed by atoms with E-state index in [1.807, 2.05) is 0 Å². The molecule has 8 nitrogen and oxygen atoms in total. The third-order valence-electron chi connectivity index (χ3n) is 1.95. The number of hydrogen-bond donors (Lipinski definition) is 1. The number of rotatable bonds is 1. The lowest BCUT2D eigenvalue weighted by molar-refractivity contribution is -0.386. The highest BCUT2D eigenvalue weighted by Gasteiger charge is 2.54. The molecule has 2 aliphatic rings. The van der Waals surface area contributed by atoms with Gasteiger partial charge in [-0.1, -0.05) is 0 Å². The Morgan fingerprint density at radius 1 is 1.33 bits per heavy atom. The van der Waals surface area contributed by atoms with Crippen LogP contribution in [0.25, 0.3) is 0 Å². The first-order valence-corrected chi connectivity index (χ1v) is 5.19. The quantitative estimate of drug-likeness (QED) is 0.443. The topological polar surface area (TPSA) is 108 Å². The van der Waals surface area contributed by atoms with Gasteiger partial charge in [0.15, 0.2) is 5.75 Å². The zero-order chi connectivity index (χ0) is 10.8. The second-order valence-corrected chi connectivity index (χ2v) is 4.32. The zero-order valence-electron chi connectivity index (χ0n) is 6.87. The highest BCUT2D eigenvalue weighted by molar-refractivity contribution is 7.50. The number of benzene rings is 1. The van der Waals surface area contributed by atoms with Crippen LogP contribution in [-0.2, 0) is 4.57 Å². The number of hydrogen-bond acceptors (Lipinski definition) is 7. The lowest BCUT2D eigenvalue weighted by atomic mass is 10.2. The summed E-state index contributed by atoms with van der Waals surface area (Å²) in [6.45, 7) is 0. The van der Waals surface area contributed by atoms with Crippen LogP contribution >= 0.6 is 7.82 Å². The van der Waals surface area contributed by atoms with Gasteiger partial charge in [0.2, 0.25) is 11.5 Å². The maximum atomic E-state index is 11.5. The summed E-state index contributed by atoms with van der Waals surface area (Å²) in [7, 11) is -3.83. The minimum Gasteiger partial charge on any atom is -0.504 e. The van der Waals surface area contributed by atoms with E-state index in [4.69, 9.17) is 0 Å². The molecule has 2 aliphatic heterocycles. The van der Waals surface area contributed by atoms with Crippen molar-refractivity contribution in [2.75, 3.05) is 0 Å². The molecule has 0 saturated carbocycles. The van der Waals surface area contributed by atoms with E-state index >= 15 is 0 Å². The third-order valence-corrected chi connectivity index (χ3v) is 3.19. The summed E-state index contributed by atoms with van der Waals surface area (Å²) in [5.74, 6) is -1.37. The number of nitro groups is 1. The summed E-state index contributed by atoms with van der Waals surface area (Å²) >= 11 is 0. The van der Waals surface area contributed by atoms with Crippen LogP contribution in [0.1, 0.15) is 0 Å². The summed E-state index contributed by atoms with van der Waals surface area (Å²) in [6, 6.07) is 0.971. The minimum absolute atomic E-state index is 0.314. The molecule has 78 valence electrons. The number of phenolic OH excluding ortho intramolecular Hbond substituents is 1.